The van der Waals surface area contributed by atoms with Crippen molar-refractivity contribution in [2.24, 2.45) is 0 Å². The smallest absolute Gasteiger partial charge is 0.306 e. The first kappa shape index (κ1) is 28.4. The molecule has 35 heavy (non-hydrogen) atoms. The van der Waals surface area contributed by atoms with Gasteiger partial charge in [-0.15, -0.1) is 0 Å². The van der Waals surface area contributed by atoms with Crippen molar-refractivity contribution < 1.29 is 23.8 Å². The molecule has 192 valence electrons. The Labute approximate surface area is 211 Å². The monoisotopic (exact) mass is 482 g/mol. The Bertz CT molecular complexity index is 816. The van der Waals surface area contributed by atoms with Crippen LogP contribution in [0.5, 0.6) is 11.5 Å². The first-order valence-electron chi connectivity index (χ1n) is 13.3. The van der Waals surface area contributed by atoms with Gasteiger partial charge in [0.1, 0.15) is 18.1 Å². The van der Waals surface area contributed by atoms with Gasteiger partial charge in [-0.3, -0.25) is 9.59 Å². The van der Waals surface area contributed by atoms with Gasteiger partial charge in [-0.2, -0.15) is 0 Å². The van der Waals surface area contributed by atoms with Gasteiger partial charge in [0.05, 0.1) is 6.61 Å². The van der Waals surface area contributed by atoms with Crippen LogP contribution in [0.25, 0.3) is 0 Å². The fourth-order valence-corrected chi connectivity index (χ4v) is 3.72. The van der Waals surface area contributed by atoms with Gasteiger partial charge in [-0.25, -0.2) is 0 Å². The second-order valence-corrected chi connectivity index (χ2v) is 8.98. The van der Waals surface area contributed by atoms with Crippen molar-refractivity contribution in [2.45, 2.75) is 97.0 Å². The Morgan fingerprint density at radius 1 is 0.600 bits per heavy atom. The van der Waals surface area contributed by atoms with E-state index in [0.29, 0.717) is 19.4 Å². The van der Waals surface area contributed by atoms with Crippen LogP contribution in [0.1, 0.15) is 96.0 Å². The van der Waals surface area contributed by atoms with Crippen molar-refractivity contribution in [3.8, 4) is 11.5 Å². The molecule has 0 saturated carbocycles. The molecule has 0 N–H and O–H groups in total. The molecule has 2 aromatic carbocycles. The topological polar surface area (TPSA) is 61.8 Å². The summed E-state index contributed by atoms with van der Waals surface area (Å²) in [5.74, 6) is 1.31. The first-order chi connectivity index (χ1) is 17.2. The summed E-state index contributed by atoms with van der Waals surface area (Å²) in [6, 6.07) is 17.2. The molecule has 0 heterocycles. The lowest BCUT2D eigenvalue weighted by molar-refractivity contribution is -0.145. The van der Waals surface area contributed by atoms with Crippen molar-refractivity contribution in [3.63, 3.8) is 0 Å². The van der Waals surface area contributed by atoms with E-state index >= 15 is 0 Å². The van der Waals surface area contributed by atoms with Gasteiger partial charge in [0.25, 0.3) is 0 Å². The zero-order valence-electron chi connectivity index (χ0n) is 21.3. The second kappa shape index (κ2) is 18.5. The van der Waals surface area contributed by atoms with Crippen molar-refractivity contribution in [2.75, 3.05) is 6.61 Å². The molecule has 0 aliphatic rings. The predicted molar refractivity (Wildman–Crippen MR) is 139 cm³/mol. The highest BCUT2D eigenvalue weighted by Gasteiger charge is 2.05. The number of carbonyl (C=O) groups excluding carboxylic acids is 2. The highest BCUT2D eigenvalue weighted by Crippen LogP contribution is 2.21. The Morgan fingerprint density at radius 2 is 1.14 bits per heavy atom. The maximum absolute atomic E-state index is 12.0. The average Bonchev–Trinajstić information content (AvgIpc) is 2.88. The summed E-state index contributed by atoms with van der Waals surface area (Å²) in [5, 5.41) is 0. The number of unbranched alkanes of at least 4 members (excludes halogenated alkanes) is 9. The lowest BCUT2D eigenvalue weighted by Crippen LogP contribution is -2.05. The summed E-state index contributed by atoms with van der Waals surface area (Å²) in [5.41, 5.74) is 0.939. The lowest BCUT2D eigenvalue weighted by Gasteiger charge is -2.08. The van der Waals surface area contributed by atoms with Gasteiger partial charge < -0.3 is 14.2 Å². The number of hydrogen-bond acceptors (Lipinski definition) is 5. The van der Waals surface area contributed by atoms with Gasteiger partial charge in [-0.1, -0.05) is 88.6 Å². The molecule has 5 heteroatoms. The van der Waals surface area contributed by atoms with Gasteiger partial charge in [0.15, 0.2) is 0 Å². The molecule has 0 saturated heterocycles. The van der Waals surface area contributed by atoms with E-state index < -0.39 is 0 Å². The molecule has 5 nitrogen and oxygen atoms in total. The number of esters is 2. The summed E-state index contributed by atoms with van der Waals surface area (Å²) in [4.78, 5) is 23.7. The molecule has 0 fully saturated rings. The van der Waals surface area contributed by atoms with E-state index in [-0.39, 0.29) is 18.5 Å². The van der Waals surface area contributed by atoms with E-state index in [4.69, 9.17) is 14.2 Å². The number of benzene rings is 2. The molecule has 0 unspecified atom stereocenters. The van der Waals surface area contributed by atoms with Gasteiger partial charge in [0, 0.05) is 12.8 Å². The van der Waals surface area contributed by atoms with E-state index in [1.807, 2.05) is 54.6 Å². The molecule has 0 amide bonds. The predicted octanol–water partition coefficient (Wildman–Crippen LogP) is 8.16. The fraction of sp³-hybridized carbons (Fsp3) is 0.533. The van der Waals surface area contributed by atoms with Crippen LogP contribution in [0.3, 0.4) is 0 Å². The Kier molecular flexibility index (Phi) is 15.0. The second-order valence-electron chi connectivity index (χ2n) is 8.98. The number of carbonyl (C=O) groups is 2. The lowest BCUT2D eigenvalue weighted by atomic mass is 10.1. The van der Waals surface area contributed by atoms with Crippen molar-refractivity contribution in [3.05, 3.63) is 60.2 Å². The number of rotatable bonds is 19. The molecular weight excluding hydrogens is 440 g/mol. The van der Waals surface area contributed by atoms with E-state index in [9.17, 15) is 9.59 Å². The third-order valence-corrected chi connectivity index (χ3v) is 5.82. The number of ether oxygens (including phenoxy) is 3. The van der Waals surface area contributed by atoms with E-state index in [1.54, 1.807) is 0 Å². The van der Waals surface area contributed by atoms with Gasteiger partial charge in [-0.05, 0) is 49.1 Å². The third kappa shape index (κ3) is 14.2. The van der Waals surface area contributed by atoms with Gasteiger partial charge in [0.2, 0.25) is 0 Å². The summed E-state index contributed by atoms with van der Waals surface area (Å²) in [6.07, 6.45) is 12.7. The van der Waals surface area contributed by atoms with Gasteiger partial charge >= 0.3 is 11.9 Å². The zero-order valence-corrected chi connectivity index (χ0v) is 21.3. The van der Waals surface area contributed by atoms with Crippen LogP contribution >= 0.6 is 0 Å². The Hall–Kier alpha value is -2.82. The molecule has 0 atom stereocenters. The number of para-hydroxylation sites is 1. The van der Waals surface area contributed by atoms with E-state index in [2.05, 4.69) is 6.92 Å². The quantitative estimate of drug-likeness (QED) is 0.149. The summed E-state index contributed by atoms with van der Waals surface area (Å²) in [7, 11) is 0. The van der Waals surface area contributed by atoms with Crippen LogP contribution in [0.4, 0.5) is 0 Å². The third-order valence-electron chi connectivity index (χ3n) is 5.82. The summed E-state index contributed by atoms with van der Waals surface area (Å²) >= 11 is 0. The average molecular weight is 483 g/mol. The SMILES string of the molecule is CCCCCCCOC(=O)CCCCCCCCC(=O)OCc1ccc(Oc2ccccc2)cc1. The first-order valence-corrected chi connectivity index (χ1v) is 13.3. The maximum atomic E-state index is 12.0. The molecule has 0 bridgehead atoms. The van der Waals surface area contributed by atoms with Crippen LogP contribution < -0.4 is 4.74 Å². The largest absolute Gasteiger partial charge is 0.466 e. The van der Waals surface area contributed by atoms with Crippen molar-refractivity contribution >= 4 is 11.9 Å². The van der Waals surface area contributed by atoms with E-state index in [0.717, 1.165) is 68.4 Å². The maximum Gasteiger partial charge on any atom is 0.306 e. The van der Waals surface area contributed by atoms with Crippen LogP contribution in [0.2, 0.25) is 0 Å². The molecular formula is C30H42O5. The zero-order chi connectivity index (χ0) is 25.0. The van der Waals surface area contributed by atoms with E-state index in [1.165, 1.54) is 19.3 Å². The normalized spacial score (nSPS) is 10.7. The molecule has 0 aliphatic carbocycles. The summed E-state index contributed by atoms with van der Waals surface area (Å²) < 4.78 is 16.4. The van der Waals surface area contributed by atoms with Crippen molar-refractivity contribution in [1.29, 1.82) is 0 Å². The molecule has 0 radical (unpaired) electrons. The molecule has 0 aromatic heterocycles. The summed E-state index contributed by atoms with van der Waals surface area (Å²) in [6.45, 7) is 3.03. The standard InChI is InChI=1S/C30H42O5/c1-2-3-4-9-15-24-33-29(31)18-13-7-5-6-8-14-19-30(32)34-25-26-20-22-28(23-21-26)35-27-16-11-10-12-17-27/h10-12,16-17,20-23H,2-9,13-15,18-19,24-25H2,1H3. The minimum Gasteiger partial charge on any atom is -0.466 e. The molecule has 0 aliphatic heterocycles. The highest BCUT2D eigenvalue weighted by molar-refractivity contribution is 5.69. The van der Waals surface area contributed by atoms with Crippen LogP contribution in [-0.4, -0.2) is 18.5 Å². The molecule has 0 spiro atoms. The van der Waals surface area contributed by atoms with Crippen molar-refractivity contribution in [1.82, 2.24) is 0 Å². The molecule has 2 rings (SSSR count). The van der Waals surface area contributed by atoms with Crippen LogP contribution in [0.15, 0.2) is 54.6 Å². The Morgan fingerprint density at radius 3 is 1.80 bits per heavy atom. The van der Waals surface area contributed by atoms with Crippen LogP contribution in [0, 0.1) is 0 Å². The molecule has 2 aromatic rings. The van der Waals surface area contributed by atoms with Crippen LogP contribution in [-0.2, 0) is 25.7 Å². The minimum atomic E-state index is -0.160. The highest BCUT2D eigenvalue weighted by atomic mass is 16.5. The Balaban J connectivity index is 1.42. The number of hydrogen-bond donors (Lipinski definition) is 0. The minimum absolute atomic E-state index is 0.0680. The fourth-order valence-electron chi connectivity index (χ4n) is 3.72.